The number of Topliss-reactive ketones (excluding diaryl/α,β-unsaturated/α-hetero) is 1. The number of hydrogen-bond acceptors (Lipinski definition) is 3. The minimum absolute atomic E-state index is 0.340. The largest absolute Gasteiger partial charge is 0.300 e. The number of benzene rings is 1. The molecule has 0 atom stereocenters. The molecule has 0 radical (unpaired) electrons. The lowest BCUT2D eigenvalue weighted by Gasteiger charge is -2.17. The molecule has 0 N–H and O–H groups in total. The average Bonchev–Trinajstić information content (AvgIpc) is 2.64. The van der Waals surface area contributed by atoms with Gasteiger partial charge in [0, 0.05) is 16.9 Å². The number of rotatable bonds is 2. The van der Waals surface area contributed by atoms with Crippen molar-refractivity contribution in [1.82, 2.24) is 4.98 Å². The SMILES string of the molecule is Cc1cc(C)c2c(c1)N(Cc1cncc(Br)c1)C(=O)C2=O. The van der Waals surface area contributed by atoms with E-state index < -0.39 is 11.7 Å². The molecule has 0 aliphatic carbocycles. The zero-order valence-corrected chi connectivity index (χ0v) is 13.3. The minimum Gasteiger partial charge on any atom is -0.300 e. The molecular formula is C16H13BrN2O2. The standard InChI is InChI=1S/C16H13BrN2O2/c1-9-3-10(2)14-13(4-9)19(16(21)15(14)20)8-11-5-12(17)7-18-6-11/h3-7H,8H2,1-2H3. The number of ketones is 1. The molecule has 1 aromatic heterocycles. The Hall–Kier alpha value is -2.01. The molecule has 5 heteroatoms. The van der Waals surface area contributed by atoms with Crippen LogP contribution in [0.1, 0.15) is 27.0 Å². The highest BCUT2D eigenvalue weighted by Crippen LogP contribution is 2.33. The van der Waals surface area contributed by atoms with Crippen LogP contribution >= 0.6 is 15.9 Å². The molecule has 0 saturated carbocycles. The van der Waals surface area contributed by atoms with Gasteiger partial charge in [0.05, 0.1) is 17.8 Å². The van der Waals surface area contributed by atoms with E-state index in [9.17, 15) is 9.59 Å². The molecule has 3 rings (SSSR count). The van der Waals surface area contributed by atoms with Crippen LogP contribution in [-0.2, 0) is 11.3 Å². The van der Waals surface area contributed by atoms with Gasteiger partial charge in [0.25, 0.3) is 11.7 Å². The molecule has 106 valence electrons. The number of hydrogen-bond donors (Lipinski definition) is 0. The van der Waals surface area contributed by atoms with Crippen molar-refractivity contribution in [3.63, 3.8) is 0 Å². The second kappa shape index (κ2) is 5.07. The van der Waals surface area contributed by atoms with E-state index >= 15 is 0 Å². The monoisotopic (exact) mass is 344 g/mol. The lowest BCUT2D eigenvalue weighted by atomic mass is 10.0. The first kappa shape index (κ1) is 13.9. The Morgan fingerprint density at radius 2 is 1.90 bits per heavy atom. The van der Waals surface area contributed by atoms with Crippen molar-refractivity contribution < 1.29 is 9.59 Å². The molecule has 1 aliphatic rings. The van der Waals surface area contributed by atoms with Crippen LogP contribution < -0.4 is 4.90 Å². The molecule has 4 nitrogen and oxygen atoms in total. The summed E-state index contributed by atoms with van der Waals surface area (Å²) in [6.07, 6.45) is 3.38. The van der Waals surface area contributed by atoms with Crippen LogP contribution in [0.4, 0.5) is 5.69 Å². The van der Waals surface area contributed by atoms with Crippen LogP contribution in [0.5, 0.6) is 0 Å². The minimum atomic E-state index is -0.473. The van der Waals surface area contributed by atoms with Crippen molar-refractivity contribution >= 4 is 33.3 Å². The Bertz CT molecular complexity index is 771. The van der Waals surface area contributed by atoms with Gasteiger partial charge in [-0.1, -0.05) is 6.07 Å². The van der Waals surface area contributed by atoms with Crippen molar-refractivity contribution in [2.24, 2.45) is 0 Å². The van der Waals surface area contributed by atoms with Crippen molar-refractivity contribution in [2.45, 2.75) is 20.4 Å². The van der Waals surface area contributed by atoms with Crippen LogP contribution in [0.2, 0.25) is 0 Å². The van der Waals surface area contributed by atoms with Gasteiger partial charge in [-0.2, -0.15) is 0 Å². The highest BCUT2D eigenvalue weighted by atomic mass is 79.9. The first-order chi connectivity index (χ1) is 9.97. The molecule has 0 saturated heterocycles. The summed E-state index contributed by atoms with van der Waals surface area (Å²) in [4.78, 5) is 30.1. The fourth-order valence-corrected chi connectivity index (χ4v) is 3.09. The summed E-state index contributed by atoms with van der Waals surface area (Å²) in [6.45, 7) is 4.16. The van der Waals surface area contributed by atoms with Gasteiger partial charge < -0.3 is 4.90 Å². The highest BCUT2D eigenvalue weighted by Gasteiger charge is 2.37. The van der Waals surface area contributed by atoms with E-state index in [2.05, 4.69) is 20.9 Å². The predicted octanol–water partition coefficient (Wildman–Crippen LogP) is 3.19. The lowest BCUT2D eigenvalue weighted by Crippen LogP contribution is -2.29. The first-order valence-electron chi connectivity index (χ1n) is 6.54. The summed E-state index contributed by atoms with van der Waals surface area (Å²) >= 11 is 3.36. The zero-order chi connectivity index (χ0) is 15.1. The number of carbonyl (C=O) groups is 2. The molecular weight excluding hydrogens is 332 g/mol. The molecule has 21 heavy (non-hydrogen) atoms. The number of pyridine rings is 1. The summed E-state index contributed by atoms with van der Waals surface area (Å²) in [7, 11) is 0. The van der Waals surface area contributed by atoms with Crippen molar-refractivity contribution in [2.75, 3.05) is 4.90 Å². The van der Waals surface area contributed by atoms with Crippen LogP contribution in [-0.4, -0.2) is 16.7 Å². The Balaban J connectivity index is 2.05. The summed E-state index contributed by atoms with van der Waals surface area (Å²) in [5.41, 5.74) is 3.97. The number of fused-ring (bicyclic) bond motifs is 1. The van der Waals surface area contributed by atoms with Crippen molar-refractivity contribution in [1.29, 1.82) is 0 Å². The fourth-order valence-electron chi connectivity index (χ4n) is 2.67. The van der Waals surface area contributed by atoms with Gasteiger partial charge in [-0.15, -0.1) is 0 Å². The Labute approximate surface area is 130 Å². The van der Waals surface area contributed by atoms with E-state index in [1.165, 1.54) is 4.90 Å². The predicted molar refractivity (Wildman–Crippen MR) is 83.4 cm³/mol. The maximum atomic E-state index is 12.3. The first-order valence-corrected chi connectivity index (χ1v) is 7.33. The third-order valence-electron chi connectivity index (χ3n) is 3.52. The van der Waals surface area contributed by atoms with E-state index in [1.54, 1.807) is 12.4 Å². The quantitative estimate of drug-likeness (QED) is 0.786. The van der Waals surface area contributed by atoms with E-state index in [1.807, 2.05) is 32.0 Å². The average molecular weight is 345 g/mol. The van der Waals surface area contributed by atoms with Crippen LogP contribution in [0.15, 0.2) is 35.1 Å². The van der Waals surface area contributed by atoms with Gasteiger partial charge in [0.15, 0.2) is 0 Å². The third kappa shape index (κ3) is 2.38. The highest BCUT2D eigenvalue weighted by molar-refractivity contribution is 9.10. The zero-order valence-electron chi connectivity index (χ0n) is 11.7. The molecule has 1 aliphatic heterocycles. The maximum Gasteiger partial charge on any atom is 0.299 e. The molecule has 0 fully saturated rings. The molecule has 1 amide bonds. The summed E-state index contributed by atoms with van der Waals surface area (Å²) in [6, 6.07) is 5.70. The Kier molecular flexibility index (Phi) is 3.37. The van der Waals surface area contributed by atoms with E-state index in [0.717, 1.165) is 21.2 Å². The molecule has 2 heterocycles. The van der Waals surface area contributed by atoms with E-state index in [0.29, 0.717) is 17.8 Å². The number of anilines is 1. The molecule has 1 aromatic carbocycles. The Morgan fingerprint density at radius 3 is 2.62 bits per heavy atom. The molecule has 0 spiro atoms. The van der Waals surface area contributed by atoms with E-state index in [4.69, 9.17) is 0 Å². The molecule has 0 bridgehead atoms. The van der Waals surface area contributed by atoms with Gasteiger partial charge >= 0.3 is 0 Å². The van der Waals surface area contributed by atoms with Gasteiger partial charge in [-0.3, -0.25) is 14.6 Å². The van der Waals surface area contributed by atoms with Crippen LogP contribution in [0.25, 0.3) is 0 Å². The number of nitrogens with zero attached hydrogens (tertiary/aromatic N) is 2. The second-order valence-corrected chi connectivity index (χ2v) is 6.12. The van der Waals surface area contributed by atoms with Crippen LogP contribution in [0.3, 0.4) is 0 Å². The molecule has 2 aromatic rings. The van der Waals surface area contributed by atoms with Gasteiger partial charge in [0.2, 0.25) is 0 Å². The smallest absolute Gasteiger partial charge is 0.299 e. The summed E-state index contributed by atoms with van der Waals surface area (Å²) in [5, 5.41) is 0. The third-order valence-corrected chi connectivity index (χ3v) is 3.95. The molecule has 0 unspecified atom stereocenters. The topological polar surface area (TPSA) is 50.3 Å². The van der Waals surface area contributed by atoms with Gasteiger partial charge in [-0.05, 0) is 58.6 Å². The van der Waals surface area contributed by atoms with Gasteiger partial charge in [-0.25, -0.2) is 0 Å². The number of aryl methyl sites for hydroxylation is 2. The van der Waals surface area contributed by atoms with Crippen molar-refractivity contribution in [3.05, 3.63) is 57.3 Å². The number of carbonyl (C=O) groups excluding carboxylic acids is 2. The van der Waals surface area contributed by atoms with Crippen LogP contribution in [0, 0.1) is 13.8 Å². The van der Waals surface area contributed by atoms with Crippen molar-refractivity contribution in [3.8, 4) is 0 Å². The second-order valence-electron chi connectivity index (χ2n) is 5.21. The Morgan fingerprint density at radius 1 is 1.14 bits per heavy atom. The number of amides is 1. The summed E-state index contributed by atoms with van der Waals surface area (Å²) < 4.78 is 0.846. The number of aromatic nitrogens is 1. The van der Waals surface area contributed by atoms with Gasteiger partial charge in [0.1, 0.15) is 0 Å². The maximum absolute atomic E-state index is 12.3. The van der Waals surface area contributed by atoms with E-state index in [-0.39, 0.29) is 0 Å². The lowest BCUT2D eigenvalue weighted by molar-refractivity contribution is -0.114. The number of halogens is 1. The normalized spacial score (nSPS) is 13.8. The fraction of sp³-hybridized carbons (Fsp3) is 0.188. The summed E-state index contributed by atoms with van der Waals surface area (Å²) in [5.74, 6) is -0.899.